The standard InChI is InChI=1S/C27H27ClF3N5O4/c1-38-9-10-39-15-24(37)33-14-17-7-8-32-25-21(11-17)26(35-16-34-25)36-19-5-6-23(22(28)13-19)40-20-4-2-3-18(12-20)27(29,30)31/h2-6,11-13,16H,7-10,14-15H2,1H3,(H,33,37)(H2,32,34,35,36). The molecular formula is C27H27ClF3N5O4. The summed E-state index contributed by atoms with van der Waals surface area (Å²) in [6, 6.07) is 9.36. The fourth-order valence-electron chi connectivity index (χ4n) is 3.76. The molecule has 13 heteroatoms. The smallest absolute Gasteiger partial charge is 0.416 e. The summed E-state index contributed by atoms with van der Waals surface area (Å²) in [5.74, 6) is 1.08. The van der Waals surface area contributed by atoms with Crippen LogP contribution in [0.4, 0.5) is 30.5 Å². The number of carbonyl (C=O) groups excluding carboxylic acids is 1. The SMILES string of the molecule is COCCOCC(=O)NCC1=Cc2c(ncnc2Nc2ccc(Oc3cccc(C(F)(F)F)c3)c(Cl)c2)NCC1. The highest BCUT2D eigenvalue weighted by Crippen LogP contribution is 2.36. The van der Waals surface area contributed by atoms with E-state index in [0.717, 1.165) is 17.7 Å². The van der Waals surface area contributed by atoms with E-state index in [2.05, 4.69) is 25.9 Å². The molecule has 0 aliphatic carbocycles. The van der Waals surface area contributed by atoms with Gasteiger partial charge in [0, 0.05) is 25.9 Å². The van der Waals surface area contributed by atoms with Gasteiger partial charge in [0.1, 0.15) is 36.1 Å². The Kier molecular flexibility index (Phi) is 9.80. The summed E-state index contributed by atoms with van der Waals surface area (Å²) in [6.07, 6.45) is -0.483. The number of nitrogens with zero attached hydrogens (tertiary/aromatic N) is 2. The maximum atomic E-state index is 13.0. The van der Waals surface area contributed by atoms with Gasteiger partial charge >= 0.3 is 6.18 Å². The molecule has 0 unspecified atom stereocenters. The first-order chi connectivity index (χ1) is 19.2. The number of amides is 1. The number of alkyl halides is 3. The number of fused-ring (bicyclic) bond motifs is 1. The Hall–Kier alpha value is -3.87. The molecule has 1 amide bonds. The number of ether oxygens (including phenoxy) is 3. The van der Waals surface area contributed by atoms with Gasteiger partial charge in [0.05, 0.1) is 29.4 Å². The fraction of sp³-hybridized carbons (Fsp3) is 0.296. The molecule has 40 heavy (non-hydrogen) atoms. The molecule has 0 saturated heterocycles. The number of methoxy groups -OCH3 is 1. The molecule has 0 atom stereocenters. The molecule has 3 aromatic rings. The number of rotatable bonds is 11. The van der Waals surface area contributed by atoms with Crippen molar-refractivity contribution in [2.75, 3.05) is 50.7 Å². The molecule has 0 radical (unpaired) electrons. The van der Waals surface area contributed by atoms with Gasteiger partial charge in [-0.3, -0.25) is 4.79 Å². The van der Waals surface area contributed by atoms with Crippen molar-refractivity contribution in [1.29, 1.82) is 0 Å². The van der Waals surface area contributed by atoms with Crippen LogP contribution in [0, 0.1) is 0 Å². The zero-order valence-corrected chi connectivity index (χ0v) is 22.2. The summed E-state index contributed by atoms with van der Waals surface area (Å²) in [5.41, 5.74) is 1.40. The van der Waals surface area contributed by atoms with Gasteiger partial charge in [0.15, 0.2) is 0 Å². The summed E-state index contributed by atoms with van der Waals surface area (Å²) in [5, 5.41) is 9.50. The van der Waals surface area contributed by atoms with Crippen molar-refractivity contribution in [3.05, 3.63) is 70.5 Å². The summed E-state index contributed by atoms with van der Waals surface area (Å²) in [6.45, 7) is 1.62. The minimum atomic E-state index is -4.49. The van der Waals surface area contributed by atoms with Crippen LogP contribution >= 0.6 is 11.6 Å². The van der Waals surface area contributed by atoms with Crippen molar-refractivity contribution in [1.82, 2.24) is 15.3 Å². The Balaban J connectivity index is 1.45. The van der Waals surface area contributed by atoms with E-state index in [9.17, 15) is 18.0 Å². The molecule has 212 valence electrons. The molecule has 1 aliphatic heterocycles. The highest BCUT2D eigenvalue weighted by atomic mass is 35.5. The second-order valence-corrected chi connectivity index (χ2v) is 9.09. The number of nitrogens with one attached hydrogen (secondary N) is 3. The zero-order valence-electron chi connectivity index (χ0n) is 21.5. The molecule has 4 rings (SSSR count). The van der Waals surface area contributed by atoms with E-state index in [1.54, 1.807) is 25.3 Å². The summed E-state index contributed by atoms with van der Waals surface area (Å²) in [4.78, 5) is 20.8. The van der Waals surface area contributed by atoms with Crippen molar-refractivity contribution in [3.8, 4) is 11.5 Å². The van der Waals surface area contributed by atoms with Gasteiger partial charge in [-0.15, -0.1) is 0 Å². The number of carbonyl (C=O) groups is 1. The Morgan fingerprint density at radius 2 is 2.00 bits per heavy atom. The average Bonchev–Trinajstić information content (AvgIpc) is 3.14. The van der Waals surface area contributed by atoms with Gasteiger partial charge in [-0.1, -0.05) is 17.7 Å². The minimum Gasteiger partial charge on any atom is -0.456 e. The third-order valence-electron chi connectivity index (χ3n) is 5.73. The third-order valence-corrected chi connectivity index (χ3v) is 6.03. The van der Waals surface area contributed by atoms with Crippen LogP contribution in [-0.2, 0) is 20.4 Å². The van der Waals surface area contributed by atoms with Crippen LogP contribution in [-0.4, -0.2) is 55.9 Å². The number of hydrogen-bond acceptors (Lipinski definition) is 8. The Labute approximate surface area is 233 Å². The van der Waals surface area contributed by atoms with Gasteiger partial charge in [-0.2, -0.15) is 13.2 Å². The van der Waals surface area contributed by atoms with E-state index in [0.29, 0.717) is 55.6 Å². The lowest BCUT2D eigenvalue weighted by molar-refractivity contribution is -0.137. The first-order valence-corrected chi connectivity index (χ1v) is 12.6. The topological polar surface area (TPSA) is 107 Å². The lowest BCUT2D eigenvalue weighted by Crippen LogP contribution is -2.30. The third kappa shape index (κ3) is 8.07. The monoisotopic (exact) mass is 577 g/mol. The minimum absolute atomic E-state index is 0.0101. The molecule has 0 fully saturated rings. The molecule has 3 N–H and O–H groups in total. The van der Waals surface area contributed by atoms with E-state index in [-0.39, 0.29) is 29.0 Å². The summed E-state index contributed by atoms with van der Waals surface area (Å²) in [7, 11) is 1.56. The second-order valence-electron chi connectivity index (χ2n) is 8.68. The predicted molar refractivity (Wildman–Crippen MR) is 145 cm³/mol. The summed E-state index contributed by atoms with van der Waals surface area (Å²) < 4.78 is 54.8. The maximum absolute atomic E-state index is 13.0. The largest absolute Gasteiger partial charge is 0.456 e. The van der Waals surface area contributed by atoms with E-state index in [1.807, 2.05) is 6.08 Å². The van der Waals surface area contributed by atoms with Crippen LogP contribution in [0.2, 0.25) is 5.02 Å². The Bertz CT molecular complexity index is 1370. The highest BCUT2D eigenvalue weighted by molar-refractivity contribution is 6.32. The summed E-state index contributed by atoms with van der Waals surface area (Å²) >= 11 is 6.39. The average molecular weight is 578 g/mol. The van der Waals surface area contributed by atoms with Crippen molar-refractivity contribution < 1.29 is 32.2 Å². The quantitative estimate of drug-likeness (QED) is 0.251. The maximum Gasteiger partial charge on any atom is 0.416 e. The first-order valence-electron chi connectivity index (χ1n) is 12.3. The number of aromatic nitrogens is 2. The van der Waals surface area contributed by atoms with Crippen LogP contribution in [0.3, 0.4) is 0 Å². The molecule has 2 heterocycles. The van der Waals surface area contributed by atoms with Crippen molar-refractivity contribution >= 4 is 40.9 Å². The van der Waals surface area contributed by atoms with Crippen LogP contribution in [0.1, 0.15) is 17.5 Å². The fourth-order valence-corrected chi connectivity index (χ4v) is 3.98. The first kappa shape index (κ1) is 29.1. The Morgan fingerprint density at radius 1 is 1.15 bits per heavy atom. The van der Waals surface area contributed by atoms with Crippen molar-refractivity contribution in [3.63, 3.8) is 0 Å². The van der Waals surface area contributed by atoms with Gasteiger partial charge in [-0.05, 0) is 54.5 Å². The Morgan fingerprint density at radius 3 is 2.77 bits per heavy atom. The van der Waals surface area contributed by atoms with Crippen LogP contribution in [0.25, 0.3) is 6.08 Å². The number of hydrogen-bond donors (Lipinski definition) is 3. The molecule has 2 aromatic carbocycles. The molecule has 0 bridgehead atoms. The van der Waals surface area contributed by atoms with Gasteiger partial charge in [-0.25, -0.2) is 9.97 Å². The number of anilines is 3. The molecular weight excluding hydrogens is 551 g/mol. The van der Waals surface area contributed by atoms with E-state index in [1.165, 1.54) is 18.5 Å². The highest BCUT2D eigenvalue weighted by Gasteiger charge is 2.30. The lowest BCUT2D eigenvalue weighted by Gasteiger charge is -2.14. The second kappa shape index (κ2) is 13.5. The van der Waals surface area contributed by atoms with Crippen molar-refractivity contribution in [2.45, 2.75) is 12.6 Å². The van der Waals surface area contributed by atoms with E-state index >= 15 is 0 Å². The molecule has 1 aliphatic rings. The molecule has 9 nitrogen and oxygen atoms in total. The van der Waals surface area contributed by atoms with Crippen LogP contribution in [0.15, 0.2) is 54.4 Å². The van der Waals surface area contributed by atoms with Gasteiger partial charge in [0.2, 0.25) is 5.91 Å². The number of benzene rings is 2. The van der Waals surface area contributed by atoms with Gasteiger partial charge in [0.25, 0.3) is 0 Å². The lowest BCUT2D eigenvalue weighted by atomic mass is 10.1. The predicted octanol–water partition coefficient (Wildman–Crippen LogP) is 5.66. The van der Waals surface area contributed by atoms with E-state index in [4.69, 9.17) is 25.8 Å². The van der Waals surface area contributed by atoms with Crippen LogP contribution in [0.5, 0.6) is 11.5 Å². The normalized spacial score (nSPS) is 13.0. The van der Waals surface area contributed by atoms with Crippen molar-refractivity contribution in [2.24, 2.45) is 0 Å². The van der Waals surface area contributed by atoms with E-state index < -0.39 is 11.7 Å². The van der Waals surface area contributed by atoms with Crippen LogP contribution < -0.4 is 20.7 Å². The molecule has 1 aromatic heterocycles. The van der Waals surface area contributed by atoms with Gasteiger partial charge < -0.3 is 30.2 Å². The molecule has 0 spiro atoms. The number of halogens is 4. The zero-order chi connectivity index (χ0) is 28.5. The molecule has 0 saturated carbocycles.